The monoisotopic (exact) mass is 494 g/mol. The van der Waals surface area contributed by atoms with Crippen molar-refractivity contribution in [3.05, 3.63) is 59.7 Å². The normalized spacial score (nSPS) is 11.1. The average molecular weight is 494 g/mol. The van der Waals surface area contributed by atoms with E-state index in [4.69, 9.17) is 28.2 Å². The van der Waals surface area contributed by atoms with E-state index in [1.165, 1.54) is 24.3 Å². The molecule has 11 heteroatoms. The van der Waals surface area contributed by atoms with E-state index in [0.29, 0.717) is 5.56 Å². The summed E-state index contributed by atoms with van der Waals surface area (Å²) in [5.41, 5.74) is 0.686. The molecule has 0 amide bonds. The van der Waals surface area contributed by atoms with Crippen LogP contribution in [0.1, 0.15) is 49.0 Å². The van der Waals surface area contributed by atoms with E-state index in [-0.39, 0.29) is 56.1 Å². The van der Waals surface area contributed by atoms with Crippen molar-refractivity contribution < 1.29 is 47.1 Å². The van der Waals surface area contributed by atoms with Gasteiger partial charge in [0.1, 0.15) is 17.1 Å². The predicted octanol–water partition coefficient (Wildman–Crippen LogP) is 4.76. The molecule has 0 saturated carbocycles. The van der Waals surface area contributed by atoms with Gasteiger partial charge >= 0.3 is 25.7 Å². The molecule has 0 fully saturated rings. The van der Waals surface area contributed by atoms with Crippen LogP contribution in [0.3, 0.4) is 0 Å². The molecule has 0 aliphatic heterocycles. The molecule has 0 unspecified atom stereocenters. The number of carbonyl (C=O) groups is 3. The maximum Gasteiger partial charge on any atom is 0.475 e. The number of ether oxygens (including phenoxy) is 2. The second-order valence-corrected chi connectivity index (χ2v) is 8.48. The minimum atomic E-state index is -3.64. The number of carboxylic acid groups (broad SMARTS) is 1. The molecule has 10 nitrogen and oxygen atoms in total. The first-order valence-electron chi connectivity index (χ1n) is 10.6. The third-order valence-corrected chi connectivity index (χ3v) is 5.79. The van der Waals surface area contributed by atoms with Crippen LogP contribution in [0, 0.1) is 0 Å². The van der Waals surface area contributed by atoms with Gasteiger partial charge in [-0.05, 0) is 50.1 Å². The quantitative estimate of drug-likeness (QED) is 0.222. The van der Waals surface area contributed by atoms with Gasteiger partial charge in [0.15, 0.2) is 0 Å². The molecule has 0 aliphatic carbocycles. The van der Waals surface area contributed by atoms with Gasteiger partial charge in [-0.2, -0.15) is 0 Å². The number of benzene rings is 2. The topological polar surface area (TPSA) is 135 Å². The molecule has 2 aromatic carbocycles. The van der Waals surface area contributed by atoms with E-state index in [1.807, 2.05) is 0 Å². The molecule has 34 heavy (non-hydrogen) atoms. The molecule has 184 valence electrons. The number of hydrogen-bond donors (Lipinski definition) is 1. The van der Waals surface area contributed by atoms with Crippen molar-refractivity contribution >= 4 is 25.7 Å². The number of phosphoric acid groups is 1. The van der Waals surface area contributed by atoms with Crippen molar-refractivity contribution in [1.82, 2.24) is 0 Å². The number of rotatable bonds is 14. The third kappa shape index (κ3) is 9.07. The highest BCUT2D eigenvalue weighted by molar-refractivity contribution is 7.48. The molecular formula is C23H27O10P. The van der Waals surface area contributed by atoms with Crippen LogP contribution in [-0.2, 0) is 34.3 Å². The fourth-order valence-electron chi connectivity index (χ4n) is 2.68. The summed E-state index contributed by atoms with van der Waals surface area (Å²) >= 11 is 0. The van der Waals surface area contributed by atoms with E-state index < -0.39 is 25.7 Å². The van der Waals surface area contributed by atoms with E-state index in [0.717, 1.165) is 0 Å². The highest BCUT2D eigenvalue weighted by atomic mass is 31.2. The lowest BCUT2D eigenvalue weighted by Gasteiger charge is -2.16. The summed E-state index contributed by atoms with van der Waals surface area (Å²) in [6, 6.07) is 12.4. The Bertz CT molecular complexity index is 1010. The minimum absolute atomic E-state index is 0.0143. The van der Waals surface area contributed by atoms with Crippen molar-refractivity contribution in [2.45, 2.75) is 39.7 Å². The lowest BCUT2D eigenvalue weighted by Crippen LogP contribution is -2.14. The summed E-state index contributed by atoms with van der Waals surface area (Å²) in [4.78, 5) is 35.1. The van der Waals surface area contributed by atoms with Crippen LogP contribution < -0.4 is 9.47 Å². The second-order valence-electron chi connectivity index (χ2n) is 6.81. The van der Waals surface area contributed by atoms with Gasteiger partial charge in [-0.3, -0.25) is 23.2 Å². The fourth-order valence-corrected chi connectivity index (χ4v) is 3.84. The molecule has 0 aliphatic rings. The SMILES string of the molecule is CCOP(=O)(OCC)OCc1ccc(OC(=O)c2ccccc2OC(=O)CCCC(=O)O)cc1. The van der Waals surface area contributed by atoms with Gasteiger partial charge in [0, 0.05) is 12.8 Å². The van der Waals surface area contributed by atoms with Gasteiger partial charge in [0.2, 0.25) is 0 Å². The van der Waals surface area contributed by atoms with E-state index in [2.05, 4.69) is 0 Å². The first kappa shape index (κ1) is 27.2. The molecule has 2 rings (SSSR count). The zero-order valence-corrected chi connectivity index (χ0v) is 19.8. The van der Waals surface area contributed by atoms with Crippen LogP contribution in [0.5, 0.6) is 11.5 Å². The van der Waals surface area contributed by atoms with Crippen molar-refractivity contribution in [2.24, 2.45) is 0 Å². The van der Waals surface area contributed by atoms with Crippen LogP contribution >= 0.6 is 7.82 Å². The highest BCUT2D eigenvalue weighted by Crippen LogP contribution is 2.49. The standard InChI is InChI=1S/C23H27O10P/c1-3-29-34(28,30-4-2)31-16-17-12-14-18(15-13-17)32-23(27)19-8-5-6-9-20(19)33-22(26)11-7-10-21(24)25/h5-6,8-9,12-15H,3-4,7,10-11,16H2,1-2H3,(H,24,25). The number of carbonyl (C=O) groups excluding carboxylic acids is 2. The van der Waals surface area contributed by atoms with Gasteiger partial charge in [0.05, 0.1) is 19.8 Å². The first-order chi connectivity index (χ1) is 16.3. The molecular weight excluding hydrogens is 467 g/mol. The lowest BCUT2D eigenvalue weighted by atomic mass is 10.2. The van der Waals surface area contributed by atoms with Crippen molar-refractivity contribution in [1.29, 1.82) is 0 Å². The van der Waals surface area contributed by atoms with Crippen LogP contribution in [0.25, 0.3) is 0 Å². The summed E-state index contributed by atoms with van der Waals surface area (Å²) in [6.07, 6.45) is -0.130. The maximum atomic E-state index is 12.6. The highest BCUT2D eigenvalue weighted by Gasteiger charge is 2.25. The zero-order valence-electron chi connectivity index (χ0n) is 18.9. The number of aliphatic carboxylic acids is 1. The maximum absolute atomic E-state index is 12.6. The van der Waals surface area contributed by atoms with Crippen LogP contribution in [-0.4, -0.2) is 36.2 Å². The number of carboxylic acids is 1. The van der Waals surface area contributed by atoms with E-state index in [9.17, 15) is 18.9 Å². The summed E-state index contributed by atoms with van der Waals surface area (Å²) in [5.74, 6) is -2.15. The van der Waals surface area contributed by atoms with E-state index >= 15 is 0 Å². The Morgan fingerprint density at radius 3 is 2.12 bits per heavy atom. The molecule has 0 aromatic heterocycles. The van der Waals surface area contributed by atoms with Crippen LogP contribution in [0.15, 0.2) is 48.5 Å². The Balaban J connectivity index is 1.98. The smallest absolute Gasteiger partial charge is 0.475 e. The first-order valence-corrected chi connectivity index (χ1v) is 12.1. The molecule has 0 radical (unpaired) electrons. The molecule has 2 aromatic rings. The molecule has 0 saturated heterocycles. The average Bonchev–Trinajstić information content (AvgIpc) is 2.79. The van der Waals surface area contributed by atoms with Gasteiger partial charge in [-0.25, -0.2) is 9.36 Å². The molecule has 0 spiro atoms. The lowest BCUT2D eigenvalue weighted by molar-refractivity contribution is -0.137. The Hall–Kier alpha value is -3.04. The molecule has 0 atom stereocenters. The predicted molar refractivity (Wildman–Crippen MR) is 121 cm³/mol. The van der Waals surface area contributed by atoms with Gasteiger partial charge in [-0.1, -0.05) is 24.3 Å². The Morgan fingerprint density at radius 1 is 0.853 bits per heavy atom. The van der Waals surface area contributed by atoms with Crippen LogP contribution in [0.4, 0.5) is 0 Å². The number of esters is 2. The summed E-state index contributed by atoms with van der Waals surface area (Å²) in [6.45, 7) is 3.66. The Labute approximate surface area is 197 Å². The van der Waals surface area contributed by atoms with Crippen LogP contribution in [0.2, 0.25) is 0 Å². The second kappa shape index (κ2) is 13.6. The summed E-state index contributed by atoms with van der Waals surface area (Å²) < 4.78 is 38.4. The third-order valence-electron chi connectivity index (χ3n) is 4.20. The number of hydrogen-bond acceptors (Lipinski definition) is 9. The molecule has 1 N–H and O–H groups in total. The molecule has 0 bridgehead atoms. The van der Waals surface area contributed by atoms with Crippen molar-refractivity contribution in [3.63, 3.8) is 0 Å². The zero-order chi connectivity index (χ0) is 25.0. The van der Waals surface area contributed by atoms with Gasteiger partial charge < -0.3 is 14.6 Å². The van der Waals surface area contributed by atoms with Crippen molar-refractivity contribution in [3.8, 4) is 11.5 Å². The minimum Gasteiger partial charge on any atom is -0.481 e. The number of para-hydroxylation sites is 1. The molecule has 0 heterocycles. The Kier molecular flexibility index (Phi) is 10.9. The fraction of sp³-hybridized carbons (Fsp3) is 0.348. The largest absolute Gasteiger partial charge is 0.481 e. The number of phosphoric ester groups is 1. The summed E-state index contributed by atoms with van der Waals surface area (Å²) in [5, 5.41) is 8.66. The van der Waals surface area contributed by atoms with Gasteiger partial charge in [0.25, 0.3) is 0 Å². The van der Waals surface area contributed by atoms with Gasteiger partial charge in [-0.15, -0.1) is 0 Å². The Morgan fingerprint density at radius 2 is 1.50 bits per heavy atom. The van der Waals surface area contributed by atoms with E-state index in [1.54, 1.807) is 38.1 Å². The summed E-state index contributed by atoms with van der Waals surface area (Å²) in [7, 11) is -3.64. The van der Waals surface area contributed by atoms with Crippen molar-refractivity contribution in [2.75, 3.05) is 13.2 Å².